The van der Waals surface area contributed by atoms with Crippen LogP contribution in [-0.4, -0.2) is 39.7 Å². The maximum Gasteiger partial charge on any atom is 0.304 e. The van der Waals surface area contributed by atoms with Gasteiger partial charge in [0.15, 0.2) is 5.82 Å². The Hall–Kier alpha value is -1.43. The van der Waals surface area contributed by atoms with Gasteiger partial charge < -0.3 is 9.63 Å². The Bertz CT molecular complexity index is 373. The van der Waals surface area contributed by atoms with Crippen LogP contribution in [0.3, 0.4) is 0 Å². The van der Waals surface area contributed by atoms with Crippen molar-refractivity contribution in [1.82, 2.24) is 15.0 Å². The first kappa shape index (κ1) is 11.1. The lowest BCUT2D eigenvalue weighted by molar-refractivity contribution is -0.137. The zero-order valence-corrected chi connectivity index (χ0v) is 9.22. The maximum atomic E-state index is 10.4. The van der Waals surface area contributed by atoms with E-state index < -0.39 is 5.97 Å². The van der Waals surface area contributed by atoms with Crippen LogP contribution < -0.4 is 0 Å². The van der Waals surface area contributed by atoms with Crippen molar-refractivity contribution in [1.29, 1.82) is 0 Å². The molecule has 0 aromatic carbocycles. The Labute approximate surface area is 93.2 Å². The number of carboxylic acids is 1. The van der Waals surface area contributed by atoms with Crippen molar-refractivity contribution in [2.24, 2.45) is 0 Å². The third-order valence-corrected chi connectivity index (χ3v) is 2.54. The van der Waals surface area contributed by atoms with E-state index in [1.54, 1.807) is 0 Å². The maximum absolute atomic E-state index is 10.4. The minimum Gasteiger partial charge on any atom is -0.481 e. The Kier molecular flexibility index (Phi) is 3.19. The largest absolute Gasteiger partial charge is 0.481 e. The molecule has 16 heavy (non-hydrogen) atoms. The summed E-state index contributed by atoms with van der Waals surface area (Å²) in [5, 5.41) is 12.4. The van der Waals surface area contributed by atoms with Crippen molar-refractivity contribution in [2.75, 3.05) is 13.6 Å². The van der Waals surface area contributed by atoms with Gasteiger partial charge in [-0.2, -0.15) is 4.98 Å². The summed E-state index contributed by atoms with van der Waals surface area (Å²) in [4.78, 5) is 16.5. The summed E-state index contributed by atoms with van der Waals surface area (Å²) in [5.41, 5.74) is 0. The Morgan fingerprint density at radius 2 is 2.38 bits per heavy atom. The summed E-state index contributed by atoms with van der Waals surface area (Å²) < 4.78 is 5.09. The molecule has 1 aliphatic rings. The lowest BCUT2D eigenvalue weighted by Crippen LogP contribution is -2.21. The van der Waals surface area contributed by atoms with Crippen LogP contribution in [0.1, 0.15) is 36.9 Å². The molecule has 0 spiro atoms. The fourth-order valence-corrected chi connectivity index (χ4v) is 1.44. The molecule has 6 nitrogen and oxygen atoms in total. The molecule has 0 aliphatic heterocycles. The standard InChI is InChI=1S/C10H15N3O3/c1-13(5-4-9(14)15)6-8-11-10(12-16-8)7-2-3-7/h7H,2-6H2,1H3,(H,14,15). The zero-order chi connectivity index (χ0) is 11.5. The summed E-state index contributed by atoms with van der Waals surface area (Å²) in [6.07, 6.45) is 2.42. The van der Waals surface area contributed by atoms with E-state index in [1.807, 2.05) is 11.9 Å². The molecule has 1 aromatic rings. The minimum absolute atomic E-state index is 0.125. The van der Waals surface area contributed by atoms with E-state index in [0.29, 0.717) is 24.9 Å². The van der Waals surface area contributed by atoms with Gasteiger partial charge in [-0.05, 0) is 19.9 Å². The van der Waals surface area contributed by atoms with Crippen LogP contribution in [0.25, 0.3) is 0 Å². The SMILES string of the molecule is CN(CCC(=O)O)Cc1nc(C2CC2)no1. The highest BCUT2D eigenvalue weighted by atomic mass is 16.5. The molecule has 1 aliphatic carbocycles. The predicted molar refractivity (Wildman–Crippen MR) is 54.9 cm³/mol. The number of carboxylic acid groups (broad SMARTS) is 1. The molecule has 2 rings (SSSR count). The van der Waals surface area contributed by atoms with Crippen LogP contribution in [-0.2, 0) is 11.3 Å². The van der Waals surface area contributed by atoms with E-state index in [2.05, 4.69) is 10.1 Å². The van der Waals surface area contributed by atoms with Crippen molar-refractivity contribution in [3.63, 3.8) is 0 Å². The number of carbonyl (C=O) groups is 1. The number of aromatic nitrogens is 2. The van der Waals surface area contributed by atoms with Crippen molar-refractivity contribution in [3.8, 4) is 0 Å². The first-order valence-corrected chi connectivity index (χ1v) is 5.38. The summed E-state index contributed by atoms with van der Waals surface area (Å²) in [6.45, 7) is 0.990. The third kappa shape index (κ3) is 3.03. The molecule has 0 atom stereocenters. The molecular weight excluding hydrogens is 210 g/mol. The number of aliphatic carboxylic acids is 1. The lowest BCUT2D eigenvalue weighted by atomic mass is 10.4. The molecule has 1 aromatic heterocycles. The highest BCUT2D eigenvalue weighted by Crippen LogP contribution is 2.38. The number of rotatable bonds is 6. The number of hydrogen-bond acceptors (Lipinski definition) is 5. The summed E-state index contributed by atoms with van der Waals surface area (Å²) in [5.74, 6) is 1.05. The fraction of sp³-hybridized carbons (Fsp3) is 0.700. The van der Waals surface area contributed by atoms with E-state index >= 15 is 0 Å². The molecule has 88 valence electrons. The summed E-state index contributed by atoms with van der Waals surface area (Å²) in [6, 6.07) is 0. The van der Waals surface area contributed by atoms with Gasteiger partial charge >= 0.3 is 5.97 Å². The molecule has 0 saturated heterocycles. The van der Waals surface area contributed by atoms with Gasteiger partial charge in [0.25, 0.3) is 0 Å². The normalized spacial score (nSPS) is 15.6. The van der Waals surface area contributed by atoms with Gasteiger partial charge in [0.05, 0.1) is 13.0 Å². The molecule has 1 N–H and O–H groups in total. The first-order valence-electron chi connectivity index (χ1n) is 5.38. The highest BCUT2D eigenvalue weighted by Gasteiger charge is 2.28. The molecule has 1 saturated carbocycles. The third-order valence-electron chi connectivity index (χ3n) is 2.54. The van der Waals surface area contributed by atoms with Crippen LogP contribution in [0.2, 0.25) is 0 Å². The van der Waals surface area contributed by atoms with Crippen LogP contribution in [0.15, 0.2) is 4.52 Å². The predicted octanol–water partition coefficient (Wildman–Crippen LogP) is 0.853. The van der Waals surface area contributed by atoms with E-state index in [-0.39, 0.29) is 6.42 Å². The van der Waals surface area contributed by atoms with E-state index in [1.165, 1.54) is 0 Å². The van der Waals surface area contributed by atoms with Crippen LogP contribution in [0.5, 0.6) is 0 Å². The topological polar surface area (TPSA) is 79.5 Å². The zero-order valence-electron chi connectivity index (χ0n) is 9.22. The molecule has 6 heteroatoms. The van der Waals surface area contributed by atoms with Crippen molar-refractivity contribution >= 4 is 5.97 Å². The molecule has 0 amide bonds. The van der Waals surface area contributed by atoms with Crippen molar-refractivity contribution in [2.45, 2.75) is 31.7 Å². The Morgan fingerprint density at radius 3 is 3.00 bits per heavy atom. The smallest absolute Gasteiger partial charge is 0.304 e. The Morgan fingerprint density at radius 1 is 1.62 bits per heavy atom. The average molecular weight is 225 g/mol. The van der Waals surface area contributed by atoms with Gasteiger partial charge in [0, 0.05) is 12.5 Å². The molecule has 1 heterocycles. The summed E-state index contributed by atoms with van der Waals surface area (Å²) >= 11 is 0. The Balaban J connectivity index is 1.80. The van der Waals surface area contributed by atoms with Gasteiger partial charge in [-0.3, -0.25) is 9.69 Å². The molecule has 0 unspecified atom stereocenters. The van der Waals surface area contributed by atoms with E-state index in [4.69, 9.17) is 9.63 Å². The second kappa shape index (κ2) is 4.61. The number of hydrogen-bond donors (Lipinski definition) is 1. The van der Waals surface area contributed by atoms with Gasteiger partial charge in [0.2, 0.25) is 5.89 Å². The van der Waals surface area contributed by atoms with Crippen LogP contribution in [0.4, 0.5) is 0 Å². The molecule has 0 radical (unpaired) electrons. The van der Waals surface area contributed by atoms with E-state index in [0.717, 1.165) is 18.7 Å². The van der Waals surface area contributed by atoms with Crippen LogP contribution >= 0.6 is 0 Å². The highest BCUT2D eigenvalue weighted by molar-refractivity contribution is 5.66. The van der Waals surface area contributed by atoms with Gasteiger partial charge in [0.1, 0.15) is 0 Å². The fourth-order valence-electron chi connectivity index (χ4n) is 1.44. The summed E-state index contributed by atoms with van der Waals surface area (Å²) in [7, 11) is 1.84. The lowest BCUT2D eigenvalue weighted by Gasteiger charge is -2.11. The quantitative estimate of drug-likeness (QED) is 0.773. The van der Waals surface area contributed by atoms with Gasteiger partial charge in [-0.15, -0.1) is 0 Å². The first-order chi connectivity index (χ1) is 7.65. The van der Waals surface area contributed by atoms with E-state index in [9.17, 15) is 4.79 Å². The number of nitrogens with zero attached hydrogens (tertiary/aromatic N) is 3. The van der Waals surface area contributed by atoms with Gasteiger partial charge in [-0.1, -0.05) is 5.16 Å². The van der Waals surface area contributed by atoms with Crippen LogP contribution in [0, 0.1) is 0 Å². The second-order valence-electron chi connectivity index (χ2n) is 4.20. The molecular formula is C10H15N3O3. The molecule has 0 bridgehead atoms. The minimum atomic E-state index is -0.795. The monoisotopic (exact) mass is 225 g/mol. The van der Waals surface area contributed by atoms with Crippen molar-refractivity contribution < 1.29 is 14.4 Å². The second-order valence-corrected chi connectivity index (χ2v) is 4.20. The van der Waals surface area contributed by atoms with Crippen molar-refractivity contribution in [3.05, 3.63) is 11.7 Å². The molecule has 1 fully saturated rings. The van der Waals surface area contributed by atoms with Gasteiger partial charge in [-0.25, -0.2) is 0 Å². The average Bonchev–Trinajstić information content (AvgIpc) is 2.98.